The Hall–Kier alpha value is -0.930. The molecule has 1 aromatic carbocycles. The Labute approximate surface area is 116 Å². The van der Waals surface area contributed by atoms with Crippen LogP contribution in [-0.2, 0) is 6.54 Å². The maximum absolute atomic E-state index is 5.74. The molecule has 18 heavy (non-hydrogen) atoms. The third-order valence-corrected chi connectivity index (χ3v) is 3.91. The van der Waals surface area contributed by atoms with Crippen molar-refractivity contribution in [1.82, 2.24) is 4.90 Å². The number of hydrogen-bond donors (Lipinski definition) is 1. The first-order chi connectivity index (χ1) is 8.31. The van der Waals surface area contributed by atoms with Gasteiger partial charge in [0.2, 0.25) is 0 Å². The molecule has 3 heteroatoms. The zero-order valence-corrected chi connectivity index (χ0v) is 12.7. The van der Waals surface area contributed by atoms with Gasteiger partial charge in [0.05, 0.1) is 4.99 Å². The summed E-state index contributed by atoms with van der Waals surface area (Å²) in [6.45, 7) is 8.29. The fourth-order valence-electron chi connectivity index (χ4n) is 1.68. The predicted molar refractivity (Wildman–Crippen MR) is 82.7 cm³/mol. The Morgan fingerprint density at radius 3 is 2.33 bits per heavy atom. The molecule has 100 valence electrons. The number of hydrogen-bond acceptors (Lipinski definition) is 2. The molecule has 0 aromatic heterocycles. The minimum absolute atomic E-state index is 0.0587. The standard InChI is InChI=1S/C15H24N2S/c1-12-5-7-13(8-6-12)11-17(4)10-9-15(2,3)14(16)18/h5-8H,9-11H2,1-4H3,(H2,16,18). The molecule has 0 unspecified atom stereocenters. The van der Waals surface area contributed by atoms with Crippen molar-refractivity contribution < 1.29 is 0 Å². The van der Waals surface area contributed by atoms with Crippen LogP contribution in [0, 0.1) is 12.3 Å². The second-order valence-electron chi connectivity index (χ2n) is 5.72. The van der Waals surface area contributed by atoms with Crippen LogP contribution >= 0.6 is 12.2 Å². The van der Waals surface area contributed by atoms with Gasteiger partial charge < -0.3 is 10.6 Å². The van der Waals surface area contributed by atoms with Crippen molar-refractivity contribution in [3.8, 4) is 0 Å². The molecule has 1 aromatic rings. The van der Waals surface area contributed by atoms with E-state index in [-0.39, 0.29) is 5.41 Å². The number of aryl methyl sites for hydroxylation is 1. The van der Waals surface area contributed by atoms with E-state index in [1.807, 2.05) is 0 Å². The number of benzene rings is 1. The summed E-state index contributed by atoms with van der Waals surface area (Å²) in [6.07, 6.45) is 0.991. The van der Waals surface area contributed by atoms with E-state index in [0.29, 0.717) is 4.99 Å². The summed E-state index contributed by atoms with van der Waals surface area (Å²) in [7, 11) is 2.13. The minimum Gasteiger partial charge on any atom is -0.393 e. The molecular formula is C15H24N2S. The minimum atomic E-state index is -0.0587. The average molecular weight is 264 g/mol. The highest BCUT2D eigenvalue weighted by Crippen LogP contribution is 2.21. The van der Waals surface area contributed by atoms with E-state index in [1.54, 1.807) is 0 Å². The first-order valence-corrected chi connectivity index (χ1v) is 6.76. The Morgan fingerprint density at radius 2 is 1.83 bits per heavy atom. The third kappa shape index (κ3) is 4.75. The van der Waals surface area contributed by atoms with Crippen molar-refractivity contribution in [2.24, 2.45) is 11.1 Å². The molecule has 1 rings (SSSR count). The van der Waals surface area contributed by atoms with Gasteiger partial charge in [-0.1, -0.05) is 55.9 Å². The predicted octanol–water partition coefficient (Wildman–Crippen LogP) is 3.13. The van der Waals surface area contributed by atoms with Crippen LogP contribution in [0.25, 0.3) is 0 Å². The lowest BCUT2D eigenvalue weighted by Gasteiger charge is -2.26. The van der Waals surface area contributed by atoms with E-state index in [1.165, 1.54) is 11.1 Å². The van der Waals surface area contributed by atoms with Crippen molar-refractivity contribution in [2.45, 2.75) is 33.7 Å². The largest absolute Gasteiger partial charge is 0.393 e. The number of rotatable bonds is 6. The van der Waals surface area contributed by atoms with E-state index < -0.39 is 0 Å². The molecule has 2 nitrogen and oxygen atoms in total. The molecule has 0 spiro atoms. The van der Waals surface area contributed by atoms with Crippen LogP contribution in [0.15, 0.2) is 24.3 Å². The lowest BCUT2D eigenvalue weighted by molar-refractivity contribution is 0.286. The molecule has 0 saturated carbocycles. The van der Waals surface area contributed by atoms with Gasteiger partial charge in [0, 0.05) is 12.0 Å². The first kappa shape index (κ1) is 15.1. The maximum atomic E-state index is 5.74. The van der Waals surface area contributed by atoms with Crippen molar-refractivity contribution >= 4 is 17.2 Å². The zero-order valence-electron chi connectivity index (χ0n) is 11.9. The quantitative estimate of drug-likeness (QED) is 0.800. The van der Waals surface area contributed by atoms with Gasteiger partial charge in [0.15, 0.2) is 0 Å². The van der Waals surface area contributed by atoms with Gasteiger partial charge >= 0.3 is 0 Å². The molecule has 0 fully saturated rings. The van der Waals surface area contributed by atoms with Crippen LogP contribution in [0.4, 0.5) is 0 Å². The fraction of sp³-hybridized carbons (Fsp3) is 0.533. The Balaban J connectivity index is 2.45. The summed E-state index contributed by atoms with van der Waals surface area (Å²) in [5.74, 6) is 0. The van der Waals surface area contributed by atoms with Crippen LogP contribution in [0.2, 0.25) is 0 Å². The molecule has 0 atom stereocenters. The van der Waals surface area contributed by atoms with Gasteiger partial charge in [0.1, 0.15) is 0 Å². The second-order valence-corrected chi connectivity index (χ2v) is 6.16. The summed E-state index contributed by atoms with van der Waals surface area (Å²) >= 11 is 5.09. The average Bonchev–Trinajstić information content (AvgIpc) is 2.29. The fourth-order valence-corrected chi connectivity index (χ4v) is 1.78. The molecule has 0 aliphatic rings. The summed E-state index contributed by atoms with van der Waals surface area (Å²) in [5, 5.41) is 0. The van der Waals surface area contributed by atoms with Gasteiger partial charge in [-0.3, -0.25) is 0 Å². The van der Waals surface area contributed by atoms with Crippen LogP contribution in [-0.4, -0.2) is 23.5 Å². The van der Waals surface area contributed by atoms with Crippen molar-refractivity contribution in [1.29, 1.82) is 0 Å². The van der Waals surface area contributed by atoms with E-state index in [0.717, 1.165) is 19.5 Å². The second kappa shape index (κ2) is 6.30. The van der Waals surface area contributed by atoms with Crippen LogP contribution in [0.3, 0.4) is 0 Å². The van der Waals surface area contributed by atoms with Crippen LogP contribution < -0.4 is 5.73 Å². The Kier molecular flexibility index (Phi) is 5.29. The normalized spacial score (nSPS) is 11.8. The lowest BCUT2D eigenvalue weighted by atomic mass is 9.89. The van der Waals surface area contributed by atoms with Gasteiger partial charge in [-0.05, 0) is 32.5 Å². The van der Waals surface area contributed by atoms with E-state index >= 15 is 0 Å². The number of thiocarbonyl (C=S) groups is 1. The maximum Gasteiger partial charge on any atom is 0.0784 e. The van der Waals surface area contributed by atoms with Gasteiger partial charge in [-0.2, -0.15) is 0 Å². The molecule has 0 aliphatic carbocycles. The van der Waals surface area contributed by atoms with Crippen molar-refractivity contribution in [3.63, 3.8) is 0 Å². The molecule has 0 saturated heterocycles. The highest BCUT2D eigenvalue weighted by Gasteiger charge is 2.21. The number of nitrogens with two attached hydrogens (primary N) is 1. The molecule has 0 amide bonds. The van der Waals surface area contributed by atoms with Crippen molar-refractivity contribution in [2.75, 3.05) is 13.6 Å². The molecule has 2 N–H and O–H groups in total. The highest BCUT2D eigenvalue weighted by atomic mass is 32.1. The van der Waals surface area contributed by atoms with E-state index in [2.05, 4.69) is 57.0 Å². The summed E-state index contributed by atoms with van der Waals surface area (Å²) < 4.78 is 0. The Morgan fingerprint density at radius 1 is 1.28 bits per heavy atom. The van der Waals surface area contributed by atoms with Crippen LogP contribution in [0.5, 0.6) is 0 Å². The van der Waals surface area contributed by atoms with Crippen molar-refractivity contribution in [3.05, 3.63) is 35.4 Å². The third-order valence-electron chi connectivity index (χ3n) is 3.36. The molecule has 0 radical (unpaired) electrons. The topological polar surface area (TPSA) is 29.3 Å². The smallest absolute Gasteiger partial charge is 0.0784 e. The SMILES string of the molecule is Cc1ccc(CN(C)CCC(C)(C)C(N)=S)cc1. The summed E-state index contributed by atoms with van der Waals surface area (Å²) in [6, 6.07) is 8.68. The molecule has 0 aliphatic heterocycles. The van der Waals surface area contributed by atoms with E-state index in [4.69, 9.17) is 18.0 Å². The Bertz CT molecular complexity index is 395. The molecular weight excluding hydrogens is 240 g/mol. The molecule has 0 bridgehead atoms. The monoisotopic (exact) mass is 264 g/mol. The lowest BCUT2D eigenvalue weighted by Crippen LogP contribution is -2.33. The van der Waals surface area contributed by atoms with Gasteiger partial charge in [-0.15, -0.1) is 0 Å². The number of nitrogens with zero attached hydrogens (tertiary/aromatic N) is 1. The van der Waals surface area contributed by atoms with Gasteiger partial charge in [-0.25, -0.2) is 0 Å². The van der Waals surface area contributed by atoms with Crippen LogP contribution in [0.1, 0.15) is 31.4 Å². The molecule has 0 heterocycles. The first-order valence-electron chi connectivity index (χ1n) is 6.35. The van der Waals surface area contributed by atoms with Gasteiger partial charge in [0.25, 0.3) is 0 Å². The highest BCUT2D eigenvalue weighted by molar-refractivity contribution is 7.80. The van der Waals surface area contributed by atoms with E-state index in [9.17, 15) is 0 Å². The summed E-state index contributed by atoms with van der Waals surface area (Å²) in [5.41, 5.74) is 8.33. The zero-order chi connectivity index (χ0) is 13.8. The summed E-state index contributed by atoms with van der Waals surface area (Å²) in [4.78, 5) is 2.91.